The van der Waals surface area contributed by atoms with Gasteiger partial charge in [-0.3, -0.25) is 10.8 Å². The van der Waals surface area contributed by atoms with Crippen LogP contribution >= 0.6 is 0 Å². The summed E-state index contributed by atoms with van der Waals surface area (Å²) in [6.07, 6.45) is 1.54. The van der Waals surface area contributed by atoms with Crippen molar-refractivity contribution < 1.29 is 0 Å². The maximum Gasteiger partial charge on any atom is 0.130 e. The predicted molar refractivity (Wildman–Crippen MR) is 22.4 cm³/mol. The first kappa shape index (κ1) is 4.94. The van der Waals surface area contributed by atoms with Crippen LogP contribution in [0.5, 0.6) is 0 Å². The van der Waals surface area contributed by atoms with Crippen LogP contribution in [0, 0.1) is 10.8 Å². The molecule has 0 rings (SSSR count). The lowest BCUT2D eigenvalue weighted by atomic mass is 11.3. The van der Waals surface area contributed by atoms with Crippen LogP contribution in [0.15, 0.2) is 10.2 Å². The van der Waals surface area contributed by atoms with Crippen LogP contribution in [-0.2, 0) is 0 Å². The monoisotopic (exact) mass is 84.0 g/mol. The highest BCUT2D eigenvalue weighted by Crippen LogP contribution is 1.56. The van der Waals surface area contributed by atoms with E-state index >= 15 is 0 Å². The zero-order valence-electron chi connectivity index (χ0n) is 3.05. The van der Waals surface area contributed by atoms with Crippen molar-refractivity contribution >= 4 is 12.7 Å². The summed E-state index contributed by atoms with van der Waals surface area (Å²) in [6.45, 7) is 0. The Labute approximate surface area is 34.9 Å². The zero-order chi connectivity index (χ0) is 4.83. The zero-order valence-corrected chi connectivity index (χ0v) is 3.05. The number of hydrogen-bond donors (Lipinski definition) is 2. The van der Waals surface area contributed by atoms with E-state index in [9.17, 15) is 0 Å². The highest BCUT2D eigenvalue weighted by atomic mass is 15.1. The summed E-state index contributed by atoms with van der Waals surface area (Å²) in [7, 11) is 0. The van der Waals surface area contributed by atoms with Gasteiger partial charge < -0.3 is 0 Å². The molecule has 32 valence electrons. The average molecular weight is 84.1 g/mol. The van der Waals surface area contributed by atoms with E-state index in [2.05, 4.69) is 10.2 Å². The third-order valence-electron chi connectivity index (χ3n) is 0.182. The molecule has 2 N–H and O–H groups in total. The lowest BCUT2D eigenvalue weighted by molar-refractivity contribution is 1.33. The first-order valence-corrected chi connectivity index (χ1v) is 1.29. The van der Waals surface area contributed by atoms with Gasteiger partial charge in [-0.25, -0.2) is 0 Å². The van der Waals surface area contributed by atoms with E-state index in [1.165, 1.54) is 0 Å². The largest absolute Gasteiger partial charge is 0.288 e. The van der Waals surface area contributed by atoms with Crippen molar-refractivity contribution in [3.63, 3.8) is 0 Å². The van der Waals surface area contributed by atoms with Crippen molar-refractivity contribution in [2.45, 2.75) is 0 Å². The van der Waals surface area contributed by atoms with Crippen LogP contribution in [0.4, 0.5) is 0 Å². The van der Waals surface area contributed by atoms with E-state index in [4.69, 9.17) is 10.8 Å². The molecule has 0 amide bonds. The fourth-order valence-corrected chi connectivity index (χ4v) is 0.0667. The van der Waals surface area contributed by atoms with Crippen LogP contribution in [0.25, 0.3) is 0 Å². The number of hydrogen-bond acceptors (Lipinski definition) is 2. The molecule has 0 saturated carbocycles. The minimum atomic E-state index is 0.769. The summed E-state index contributed by atoms with van der Waals surface area (Å²) < 4.78 is 0. The molecule has 0 aliphatic carbocycles. The molecule has 0 unspecified atom stereocenters. The lowest BCUT2D eigenvalue weighted by Gasteiger charge is -1.59. The normalized spacial score (nSPS) is 8.67. The number of nitrogens with one attached hydrogen (secondary N) is 2. The number of nitrogens with zero attached hydrogens (tertiary/aromatic N) is 2. The highest BCUT2D eigenvalue weighted by Gasteiger charge is 1.50. The third kappa shape index (κ3) is 2.94. The maximum atomic E-state index is 6.22. The average Bonchev–Trinajstić information content (AvgIpc) is 1.61. The molecule has 4 nitrogen and oxygen atoms in total. The molecule has 0 aliphatic rings. The summed E-state index contributed by atoms with van der Waals surface area (Å²) >= 11 is 0. The van der Waals surface area contributed by atoms with Crippen LogP contribution in [-0.4, -0.2) is 12.7 Å². The first-order chi connectivity index (χ1) is 2.91. The van der Waals surface area contributed by atoms with Gasteiger partial charge in [-0.2, -0.15) is 0 Å². The van der Waals surface area contributed by atoms with Crippen molar-refractivity contribution in [2.75, 3.05) is 0 Å². The highest BCUT2D eigenvalue weighted by molar-refractivity contribution is 5.55. The number of rotatable bonds is 2. The summed E-state index contributed by atoms with van der Waals surface area (Å²) in [5, 5.41) is 18.5. The quantitative estimate of drug-likeness (QED) is 0.280. The minimum absolute atomic E-state index is 0.769. The lowest BCUT2D eigenvalue weighted by Crippen LogP contribution is -1.55. The topological polar surface area (TPSA) is 72.4 Å². The molecule has 0 spiro atoms. The fraction of sp³-hybridized carbons (Fsp3) is 0. The van der Waals surface area contributed by atoms with E-state index in [0.717, 1.165) is 12.7 Å². The van der Waals surface area contributed by atoms with Gasteiger partial charge in [-0.05, 0) is 0 Å². The Bertz CT molecular complexity index is 63.6. The number of azo groups is 1. The molecule has 0 aromatic rings. The van der Waals surface area contributed by atoms with Crippen molar-refractivity contribution in [1.29, 1.82) is 10.8 Å². The molecule has 0 aliphatic heterocycles. The second kappa shape index (κ2) is 3.94. The molecule has 0 fully saturated rings. The molecular formula is C2H4N4. The third-order valence-corrected chi connectivity index (χ3v) is 0.182. The molecule has 4 heteroatoms. The van der Waals surface area contributed by atoms with Gasteiger partial charge in [-0.15, -0.1) is 10.2 Å². The van der Waals surface area contributed by atoms with Crippen LogP contribution in [0.2, 0.25) is 0 Å². The predicted octanol–water partition coefficient (Wildman–Crippen LogP) is 0.653. The molecule has 0 aromatic heterocycles. The van der Waals surface area contributed by atoms with Crippen molar-refractivity contribution in [3.05, 3.63) is 0 Å². The van der Waals surface area contributed by atoms with Crippen LogP contribution in [0.3, 0.4) is 0 Å². The van der Waals surface area contributed by atoms with Gasteiger partial charge in [0.2, 0.25) is 0 Å². The Morgan fingerprint density at radius 1 is 1.00 bits per heavy atom. The van der Waals surface area contributed by atoms with E-state index in [0.29, 0.717) is 0 Å². The van der Waals surface area contributed by atoms with Gasteiger partial charge in [0.25, 0.3) is 0 Å². The van der Waals surface area contributed by atoms with E-state index in [1.54, 1.807) is 0 Å². The molecule has 0 atom stereocenters. The molecule has 0 radical (unpaired) electrons. The van der Waals surface area contributed by atoms with Gasteiger partial charge in [0, 0.05) is 0 Å². The Balaban J connectivity index is 3.17. The van der Waals surface area contributed by atoms with Gasteiger partial charge in [-0.1, -0.05) is 0 Å². The Kier molecular flexibility index (Phi) is 3.24. The van der Waals surface area contributed by atoms with E-state index < -0.39 is 0 Å². The minimum Gasteiger partial charge on any atom is -0.288 e. The van der Waals surface area contributed by atoms with Crippen molar-refractivity contribution in [1.82, 2.24) is 0 Å². The van der Waals surface area contributed by atoms with E-state index in [-0.39, 0.29) is 0 Å². The molecule has 6 heavy (non-hydrogen) atoms. The van der Waals surface area contributed by atoms with Gasteiger partial charge in [0.1, 0.15) is 12.7 Å². The van der Waals surface area contributed by atoms with Crippen molar-refractivity contribution in [3.8, 4) is 0 Å². The van der Waals surface area contributed by atoms with Crippen LogP contribution in [0.1, 0.15) is 0 Å². The second-order valence-electron chi connectivity index (χ2n) is 0.489. The summed E-state index contributed by atoms with van der Waals surface area (Å²) in [5.74, 6) is 0. The van der Waals surface area contributed by atoms with E-state index in [1.807, 2.05) is 0 Å². The van der Waals surface area contributed by atoms with Gasteiger partial charge in [0.15, 0.2) is 0 Å². The van der Waals surface area contributed by atoms with Crippen LogP contribution < -0.4 is 0 Å². The Hall–Kier alpha value is -1.06. The first-order valence-electron chi connectivity index (χ1n) is 1.29. The standard InChI is InChI=1S/C2H4N4/c3-1-5-6-2-4/h1-4H. The Morgan fingerprint density at radius 2 is 1.33 bits per heavy atom. The van der Waals surface area contributed by atoms with Gasteiger partial charge in [0.05, 0.1) is 0 Å². The molecule has 0 heterocycles. The molecule has 0 bridgehead atoms. The summed E-state index contributed by atoms with van der Waals surface area (Å²) in [6, 6.07) is 0. The SMILES string of the molecule is N=CN=NC=N. The smallest absolute Gasteiger partial charge is 0.130 e. The van der Waals surface area contributed by atoms with Gasteiger partial charge >= 0.3 is 0 Å². The fourth-order valence-electron chi connectivity index (χ4n) is 0.0667. The molecule has 0 saturated heterocycles. The summed E-state index contributed by atoms with van der Waals surface area (Å²) in [5.41, 5.74) is 0. The Morgan fingerprint density at radius 3 is 1.50 bits per heavy atom. The van der Waals surface area contributed by atoms with Crippen molar-refractivity contribution in [2.24, 2.45) is 10.2 Å². The maximum absolute atomic E-state index is 6.22. The molecule has 0 aromatic carbocycles. The molecular weight excluding hydrogens is 80.0 g/mol. The second-order valence-corrected chi connectivity index (χ2v) is 0.489. The summed E-state index contributed by atoms with van der Waals surface area (Å²) in [4.78, 5) is 0.